The lowest BCUT2D eigenvalue weighted by Crippen LogP contribution is -2.40. The lowest BCUT2D eigenvalue weighted by Gasteiger charge is -2.26. The first-order chi connectivity index (χ1) is 10.2. The highest BCUT2D eigenvalue weighted by Gasteiger charge is 2.34. The number of benzene rings is 1. The van der Waals surface area contributed by atoms with E-state index in [9.17, 15) is 21.6 Å². The molecule has 0 saturated heterocycles. The third-order valence-corrected chi connectivity index (χ3v) is 5.02. The summed E-state index contributed by atoms with van der Waals surface area (Å²) in [7, 11) is -4.10. The normalized spacial score (nSPS) is 22.3. The summed E-state index contributed by atoms with van der Waals surface area (Å²) >= 11 is 0. The highest BCUT2D eigenvalue weighted by atomic mass is 35.5. The zero-order valence-corrected chi connectivity index (χ0v) is 13.7. The standard InChI is InChI=1S/C13H17F3N2O3S.ClH/c14-13(15,16)21-11-3-1-2-4-12(11)22(19,20)18-10-7-5-9(17)6-8-10;/h1-4,9-10,18H,5-8,17H2;1H. The van der Waals surface area contributed by atoms with Crippen LogP contribution < -0.4 is 15.2 Å². The first-order valence-electron chi connectivity index (χ1n) is 6.80. The van der Waals surface area contributed by atoms with Gasteiger partial charge >= 0.3 is 6.36 Å². The van der Waals surface area contributed by atoms with E-state index >= 15 is 0 Å². The molecule has 1 fully saturated rings. The Hall–Kier alpha value is -1.03. The second-order valence-electron chi connectivity index (χ2n) is 5.23. The van der Waals surface area contributed by atoms with Gasteiger partial charge in [0, 0.05) is 12.1 Å². The van der Waals surface area contributed by atoms with Crippen LogP contribution in [0.3, 0.4) is 0 Å². The van der Waals surface area contributed by atoms with E-state index < -0.39 is 27.0 Å². The summed E-state index contributed by atoms with van der Waals surface area (Å²) in [6, 6.07) is 4.39. The molecule has 0 spiro atoms. The van der Waals surface area contributed by atoms with Gasteiger partial charge in [-0.3, -0.25) is 0 Å². The molecule has 10 heteroatoms. The Morgan fingerprint density at radius 1 is 1.13 bits per heavy atom. The molecule has 1 aliphatic rings. The summed E-state index contributed by atoms with van der Waals surface area (Å²) in [6.07, 6.45) is -2.49. The van der Waals surface area contributed by atoms with Crippen molar-refractivity contribution in [3.8, 4) is 5.75 Å². The summed E-state index contributed by atoms with van der Waals surface area (Å²) in [5, 5.41) is 0. The first-order valence-corrected chi connectivity index (χ1v) is 8.28. The fourth-order valence-electron chi connectivity index (χ4n) is 2.40. The van der Waals surface area contributed by atoms with Crippen LogP contribution in [0.2, 0.25) is 0 Å². The van der Waals surface area contributed by atoms with Crippen molar-refractivity contribution in [2.24, 2.45) is 5.73 Å². The van der Waals surface area contributed by atoms with Gasteiger partial charge in [0.25, 0.3) is 0 Å². The fourth-order valence-corrected chi connectivity index (χ4v) is 3.83. The number of halogens is 4. The van der Waals surface area contributed by atoms with Crippen molar-refractivity contribution in [2.75, 3.05) is 0 Å². The molecule has 132 valence electrons. The molecule has 1 saturated carbocycles. The molecule has 5 nitrogen and oxygen atoms in total. The monoisotopic (exact) mass is 374 g/mol. The number of rotatable bonds is 4. The van der Waals surface area contributed by atoms with Crippen LogP contribution in [0.4, 0.5) is 13.2 Å². The van der Waals surface area contributed by atoms with Crippen LogP contribution in [-0.2, 0) is 10.0 Å². The second-order valence-corrected chi connectivity index (χ2v) is 6.91. The summed E-state index contributed by atoms with van der Waals surface area (Å²) in [6.45, 7) is 0. The lowest BCUT2D eigenvalue weighted by molar-refractivity contribution is -0.275. The molecule has 0 radical (unpaired) electrons. The van der Waals surface area contributed by atoms with Crippen LogP contribution in [0.15, 0.2) is 29.2 Å². The topological polar surface area (TPSA) is 81.4 Å². The lowest BCUT2D eigenvalue weighted by atomic mass is 9.93. The van der Waals surface area contributed by atoms with Crippen LogP contribution in [0.1, 0.15) is 25.7 Å². The third-order valence-electron chi connectivity index (χ3n) is 3.46. The molecule has 0 aromatic heterocycles. The Morgan fingerprint density at radius 2 is 1.70 bits per heavy atom. The number of nitrogens with one attached hydrogen (secondary N) is 1. The SMILES string of the molecule is Cl.NC1CCC(NS(=O)(=O)c2ccccc2OC(F)(F)F)CC1. The van der Waals surface area contributed by atoms with Gasteiger partial charge in [-0.1, -0.05) is 12.1 Å². The molecule has 2 rings (SSSR count). The van der Waals surface area contributed by atoms with Gasteiger partial charge in [0.2, 0.25) is 10.0 Å². The molecule has 0 amide bonds. The minimum Gasteiger partial charge on any atom is -0.404 e. The van der Waals surface area contributed by atoms with Crippen LogP contribution in [-0.4, -0.2) is 26.9 Å². The summed E-state index contributed by atoms with van der Waals surface area (Å²) < 4.78 is 67.9. The number of para-hydroxylation sites is 1. The Balaban J connectivity index is 0.00000264. The van der Waals surface area contributed by atoms with Crippen LogP contribution in [0, 0.1) is 0 Å². The zero-order valence-electron chi connectivity index (χ0n) is 12.0. The quantitative estimate of drug-likeness (QED) is 0.848. The van der Waals surface area contributed by atoms with Crippen molar-refractivity contribution < 1.29 is 26.3 Å². The number of alkyl halides is 3. The summed E-state index contributed by atoms with van der Waals surface area (Å²) in [5.41, 5.74) is 5.74. The molecular formula is C13H18ClF3N2O3S. The maximum Gasteiger partial charge on any atom is 0.573 e. The molecule has 23 heavy (non-hydrogen) atoms. The van der Waals surface area contributed by atoms with Gasteiger partial charge < -0.3 is 10.5 Å². The van der Waals surface area contributed by atoms with Gasteiger partial charge in [-0.05, 0) is 37.8 Å². The number of nitrogens with two attached hydrogens (primary N) is 1. The summed E-state index contributed by atoms with van der Waals surface area (Å²) in [5.74, 6) is -0.741. The van der Waals surface area contributed by atoms with E-state index in [-0.39, 0.29) is 24.5 Å². The molecular weight excluding hydrogens is 357 g/mol. The molecule has 0 heterocycles. The van der Waals surface area contributed by atoms with Crippen molar-refractivity contribution >= 4 is 22.4 Å². The van der Waals surface area contributed by atoms with Crippen molar-refractivity contribution in [3.05, 3.63) is 24.3 Å². The maximum atomic E-state index is 12.4. The predicted octanol–water partition coefficient (Wildman–Crippen LogP) is 2.56. The Morgan fingerprint density at radius 3 is 2.26 bits per heavy atom. The number of ether oxygens (including phenoxy) is 1. The van der Waals surface area contributed by atoms with Gasteiger partial charge in [0.15, 0.2) is 0 Å². The average Bonchev–Trinajstić information content (AvgIpc) is 2.40. The summed E-state index contributed by atoms with van der Waals surface area (Å²) in [4.78, 5) is -0.526. The molecule has 1 aliphatic carbocycles. The molecule has 0 unspecified atom stereocenters. The second kappa shape index (κ2) is 7.69. The highest BCUT2D eigenvalue weighted by molar-refractivity contribution is 7.89. The van der Waals surface area contributed by atoms with Gasteiger partial charge in [-0.15, -0.1) is 25.6 Å². The van der Waals surface area contributed by atoms with Crippen molar-refractivity contribution in [1.29, 1.82) is 0 Å². The Kier molecular flexibility index (Phi) is 6.70. The highest BCUT2D eigenvalue weighted by Crippen LogP contribution is 2.30. The van der Waals surface area contributed by atoms with E-state index in [1.807, 2.05) is 0 Å². The van der Waals surface area contributed by atoms with Crippen molar-refractivity contribution in [1.82, 2.24) is 4.72 Å². The van der Waals surface area contributed by atoms with E-state index in [0.717, 1.165) is 12.1 Å². The first kappa shape index (κ1) is 20.0. The minimum absolute atomic E-state index is 0. The smallest absolute Gasteiger partial charge is 0.404 e. The Bertz CT molecular complexity index is 617. The molecule has 3 N–H and O–H groups in total. The molecule has 0 atom stereocenters. The van der Waals surface area contributed by atoms with Gasteiger partial charge in [-0.2, -0.15) is 0 Å². The maximum absolute atomic E-state index is 12.4. The van der Waals surface area contributed by atoms with Crippen LogP contribution in [0.25, 0.3) is 0 Å². The fraction of sp³-hybridized carbons (Fsp3) is 0.538. The third kappa shape index (κ3) is 5.83. The molecule has 0 bridgehead atoms. The van der Waals surface area contributed by atoms with Gasteiger partial charge in [-0.25, -0.2) is 13.1 Å². The number of sulfonamides is 1. The average molecular weight is 375 g/mol. The Labute approximate surface area is 138 Å². The molecule has 1 aromatic carbocycles. The zero-order chi connectivity index (χ0) is 16.4. The van der Waals surface area contributed by atoms with Gasteiger partial charge in [0.05, 0.1) is 0 Å². The number of hydrogen-bond donors (Lipinski definition) is 2. The molecule has 1 aromatic rings. The molecule has 0 aliphatic heterocycles. The van der Waals surface area contributed by atoms with Crippen molar-refractivity contribution in [2.45, 2.75) is 49.0 Å². The van der Waals surface area contributed by atoms with E-state index in [0.29, 0.717) is 25.7 Å². The van der Waals surface area contributed by atoms with Crippen LogP contribution in [0.5, 0.6) is 5.75 Å². The van der Waals surface area contributed by atoms with E-state index in [2.05, 4.69) is 9.46 Å². The largest absolute Gasteiger partial charge is 0.573 e. The minimum atomic E-state index is -4.96. The van der Waals surface area contributed by atoms with Gasteiger partial charge in [0.1, 0.15) is 10.6 Å². The van der Waals surface area contributed by atoms with Crippen LogP contribution >= 0.6 is 12.4 Å². The van der Waals surface area contributed by atoms with E-state index in [1.54, 1.807) is 0 Å². The van der Waals surface area contributed by atoms with Crippen molar-refractivity contribution in [3.63, 3.8) is 0 Å². The van der Waals surface area contributed by atoms with E-state index in [1.165, 1.54) is 12.1 Å². The predicted molar refractivity (Wildman–Crippen MR) is 80.9 cm³/mol. The van der Waals surface area contributed by atoms with E-state index in [4.69, 9.17) is 5.73 Å². The number of hydrogen-bond acceptors (Lipinski definition) is 4.